The molecule has 0 bridgehead atoms. The molecule has 126 valence electrons. The lowest BCUT2D eigenvalue weighted by Gasteiger charge is -2.09. The second kappa shape index (κ2) is 6.50. The first-order valence-corrected chi connectivity index (χ1v) is 9.75. The van der Waals surface area contributed by atoms with Crippen LogP contribution in [0.4, 0.5) is 0 Å². The minimum atomic E-state index is -0.0375. The van der Waals surface area contributed by atoms with Crippen molar-refractivity contribution >= 4 is 50.0 Å². The molecule has 0 radical (unpaired) electrons. The number of thiophene rings is 1. The van der Waals surface area contributed by atoms with Crippen LogP contribution in [0.15, 0.2) is 51.9 Å². The number of ketones is 1. The molecule has 7 heteroatoms. The minimum Gasteiger partial charge on any atom is -0.360 e. The Morgan fingerprint density at radius 3 is 3.00 bits per heavy atom. The highest BCUT2D eigenvalue weighted by molar-refractivity contribution is 7.99. The third-order valence-corrected chi connectivity index (χ3v) is 5.94. The number of rotatable bonds is 5. The molecule has 0 saturated heterocycles. The first-order valence-electron chi connectivity index (χ1n) is 7.89. The number of H-pyrrole nitrogens is 1. The van der Waals surface area contributed by atoms with Crippen LogP contribution in [0, 0.1) is 0 Å². The van der Waals surface area contributed by atoms with Crippen molar-refractivity contribution in [3.8, 4) is 0 Å². The number of fused-ring (bicyclic) bond motifs is 2. The van der Waals surface area contributed by atoms with Gasteiger partial charge in [-0.2, -0.15) is 0 Å². The first kappa shape index (κ1) is 16.1. The molecular formula is C18H15N3O2S2. The van der Waals surface area contributed by atoms with Crippen molar-refractivity contribution in [2.24, 2.45) is 0 Å². The highest BCUT2D eigenvalue weighted by Gasteiger charge is 2.16. The van der Waals surface area contributed by atoms with Crippen LogP contribution in [0.5, 0.6) is 0 Å². The molecule has 1 aromatic carbocycles. The van der Waals surface area contributed by atoms with Gasteiger partial charge < -0.3 is 4.98 Å². The number of para-hydroxylation sites is 1. The zero-order valence-electron chi connectivity index (χ0n) is 13.5. The van der Waals surface area contributed by atoms with Crippen molar-refractivity contribution in [1.82, 2.24) is 14.5 Å². The summed E-state index contributed by atoms with van der Waals surface area (Å²) in [7, 11) is 0. The normalized spacial score (nSPS) is 11.4. The number of hydrogen-bond donors (Lipinski definition) is 1. The summed E-state index contributed by atoms with van der Waals surface area (Å²) in [6.45, 7) is 2.44. The molecule has 0 aliphatic carbocycles. The summed E-state index contributed by atoms with van der Waals surface area (Å²) in [6.07, 6.45) is 1.75. The predicted molar refractivity (Wildman–Crippen MR) is 103 cm³/mol. The third kappa shape index (κ3) is 2.79. The number of aromatic amines is 1. The Balaban J connectivity index is 1.64. The molecule has 0 unspecified atom stereocenters. The molecule has 4 rings (SSSR count). The number of Topliss-reactive ketones (excluding diaryl/α,β-unsaturated/α-hetero) is 1. The van der Waals surface area contributed by atoms with Gasteiger partial charge in [0.15, 0.2) is 10.9 Å². The summed E-state index contributed by atoms with van der Waals surface area (Å²) in [4.78, 5) is 32.8. The molecule has 0 saturated carbocycles. The maximum atomic E-state index is 12.6. The number of carbonyl (C=O) groups is 1. The van der Waals surface area contributed by atoms with Crippen LogP contribution in [-0.2, 0) is 6.54 Å². The minimum absolute atomic E-state index is 0.0183. The van der Waals surface area contributed by atoms with Crippen LogP contribution in [0.1, 0.15) is 17.3 Å². The molecule has 1 N–H and O–H groups in total. The van der Waals surface area contributed by atoms with E-state index >= 15 is 0 Å². The zero-order valence-corrected chi connectivity index (χ0v) is 15.1. The van der Waals surface area contributed by atoms with Crippen LogP contribution >= 0.6 is 23.1 Å². The van der Waals surface area contributed by atoms with Gasteiger partial charge in [-0.1, -0.05) is 30.0 Å². The van der Waals surface area contributed by atoms with E-state index < -0.39 is 0 Å². The van der Waals surface area contributed by atoms with Crippen LogP contribution in [0.3, 0.4) is 0 Å². The van der Waals surface area contributed by atoms with Crippen LogP contribution in [0.2, 0.25) is 0 Å². The highest BCUT2D eigenvalue weighted by Crippen LogP contribution is 2.24. The Kier molecular flexibility index (Phi) is 4.19. The quantitative estimate of drug-likeness (QED) is 0.329. The molecule has 25 heavy (non-hydrogen) atoms. The molecule has 5 nitrogen and oxygen atoms in total. The van der Waals surface area contributed by atoms with Gasteiger partial charge in [-0.05, 0) is 24.4 Å². The average molecular weight is 369 g/mol. The Bertz CT molecular complexity index is 1140. The molecule has 0 aliphatic heterocycles. The fourth-order valence-electron chi connectivity index (χ4n) is 2.82. The summed E-state index contributed by atoms with van der Waals surface area (Å²) in [5.41, 5.74) is 2.27. The number of carbonyl (C=O) groups excluding carboxylic acids is 1. The van der Waals surface area contributed by atoms with Gasteiger partial charge in [0.25, 0.3) is 5.56 Å². The van der Waals surface area contributed by atoms with Crippen molar-refractivity contribution in [3.05, 3.63) is 57.8 Å². The fourth-order valence-corrected chi connectivity index (χ4v) is 4.55. The van der Waals surface area contributed by atoms with Crippen molar-refractivity contribution < 1.29 is 4.79 Å². The van der Waals surface area contributed by atoms with E-state index in [2.05, 4.69) is 9.97 Å². The van der Waals surface area contributed by atoms with E-state index in [9.17, 15) is 9.59 Å². The Labute approximate surface area is 151 Å². The van der Waals surface area contributed by atoms with E-state index in [4.69, 9.17) is 0 Å². The SMILES string of the molecule is CCn1c(SCC(=O)c2c[nH]c3ccccc23)nc2ccsc2c1=O. The summed E-state index contributed by atoms with van der Waals surface area (Å²) < 4.78 is 2.29. The van der Waals surface area contributed by atoms with Gasteiger partial charge in [0, 0.05) is 29.2 Å². The lowest BCUT2D eigenvalue weighted by atomic mass is 10.1. The number of nitrogens with zero attached hydrogens (tertiary/aromatic N) is 2. The van der Waals surface area contributed by atoms with Gasteiger partial charge in [0.1, 0.15) is 4.70 Å². The molecule has 0 atom stereocenters. The van der Waals surface area contributed by atoms with E-state index in [1.165, 1.54) is 23.1 Å². The highest BCUT2D eigenvalue weighted by atomic mass is 32.2. The van der Waals surface area contributed by atoms with Crippen LogP contribution in [0.25, 0.3) is 21.1 Å². The van der Waals surface area contributed by atoms with E-state index in [1.807, 2.05) is 42.6 Å². The van der Waals surface area contributed by atoms with Crippen LogP contribution in [-0.4, -0.2) is 26.1 Å². The number of nitrogens with one attached hydrogen (secondary N) is 1. The number of thioether (sulfide) groups is 1. The zero-order chi connectivity index (χ0) is 17.4. The molecule has 0 aliphatic rings. The molecule has 3 aromatic heterocycles. The van der Waals surface area contributed by atoms with Crippen molar-refractivity contribution in [2.45, 2.75) is 18.6 Å². The number of hydrogen-bond acceptors (Lipinski definition) is 5. The van der Waals surface area contributed by atoms with Gasteiger partial charge in [-0.25, -0.2) is 4.98 Å². The topological polar surface area (TPSA) is 67.8 Å². The van der Waals surface area contributed by atoms with Crippen LogP contribution < -0.4 is 5.56 Å². The monoisotopic (exact) mass is 369 g/mol. The number of aromatic nitrogens is 3. The van der Waals surface area contributed by atoms with E-state index in [-0.39, 0.29) is 17.1 Å². The van der Waals surface area contributed by atoms with Gasteiger partial charge in [0.05, 0.1) is 11.3 Å². The smallest absolute Gasteiger partial charge is 0.272 e. The lowest BCUT2D eigenvalue weighted by molar-refractivity contribution is 0.102. The Hall–Kier alpha value is -2.38. The van der Waals surface area contributed by atoms with Crippen molar-refractivity contribution in [2.75, 3.05) is 5.75 Å². The van der Waals surface area contributed by atoms with Crippen molar-refractivity contribution in [1.29, 1.82) is 0 Å². The molecule has 4 aromatic rings. The third-order valence-electron chi connectivity index (χ3n) is 4.07. The summed E-state index contributed by atoms with van der Waals surface area (Å²) >= 11 is 2.71. The Morgan fingerprint density at radius 2 is 2.16 bits per heavy atom. The molecule has 3 heterocycles. The fraction of sp³-hybridized carbons (Fsp3) is 0.167. The summed E-state index contributed by atoms with van der Waals surface area (Å²) in [5.74, 6) is 0.258. The van der Waals surface area contributed by atoms with E-state index in [0.29, 0.717) is 27.5 Å². The van der Waals surface area contributed by atoms with Crippen molar-refractivity contribution in [3.63, 3.8) is 0 Å². The maximum Gasteiger partial charge on any atom is 0.272 e. The standard InChI is InChI=1S/C18H15N3O2S2/c1-2-21-17(23)16-14(7-8-24-16)20-18(21)25-10-15(22)12-9-19-13-6-4-3-5-11(12)13/h3-9,19H,2,10H2,1H3. The van der Waals surface area contributed by atoms with E-state index in [0.717, 1.165) is 10.9 Å². The van der Waals surface area contributed by atoms with Gasteiger partial charge >= 0.3 is 0 Å². The summed E-state index contributed by atoms with van der Waals surface area (Å²) in [5, 5.41) is 3.37. The molecule has 0 spiro atoms. The maximum absolute atomic E-state index is 12.6. The first-order chi connectivity index (χ1) is 12.2. The average Bonchev–Trinajstić information content (AvgIpc) is 3.26. The molecule has 0 amide bonds. The second-order valence-corrected chi connectivity index (χ2v) is 7.40. The van der Waals surface area contributed by atoms with Gasteiger partial charge in [-0.3, -0.25) is 14.2 Å². The Morgan fingerprint density at radius 1 is 1.32 bits per heavy atom. The number of benzene rings is 1. The van der Waals surface area contributed by atoms with Gasteiger partial charge in [0.2, 0.25) is 0 Å². The van der Waals surface area contributed by atoms with Gasteiger partial charge in [-0.15, -0.1) is 11.3 Å². The predicted octanol–water partition coefficient (Wildman–Crippen LogP) is 3.93. The second-order valence-electron chi connectivity index (χ2n) is 5.54. The van der Waals surface area contributed by atoms with E-state index in [1.54, 1.807) is 10.8 Å². The molecular weight excluding hydrogens is 354 g/mol. The molecule has 0 fully saturated rings. The largest absolute Gasteiger partial charge is 0.360 e. The lowest BCUT2D eigenvalue weighted by Crippen LogP contribution is -2.22. The summed E-state index contributed by atoms with van der Waals surface area (Å²) in [6, 6.07) is 9.57.